The molecule has 0 aliphatic heterocycles. The maximum atomic E-state index is 1.85. The Morgan fingerprint density at radius 2 is 0.321 bits per heavy atom. The van der Waals surface area contributed by atoms with Crippen LogP contribution in [0.1, 0.15) is 0 Å². The first-order valence-electron chi connectivity index (χ1n) is 10.5. The van der Waals surface area contributed by atoms with Gasteiger partial charge in [0.05, 0.1) is 8.20 Å². The zero-order chi connectivity index (χ0) is 16.2. The van der Waals surface area contributed by atoms with Crippen molar-refractivity contribution in [3.8, 4) is 0 Å². The van der Waals surface area contributed by atoms with Crippen molar-refractivity contribution in [1.29, 1.82) is 0 Å². The highest BCUT2D eigenvalue weighted by molar-refractivity contribution is 7.00. The van der Waals surface area contributed by atoms with Crippen molar-refractivity contribution in [1.82, 2.24) is 0 Å². The molecule has 0 fully saturated rings. The lowest BCUT2D eigenvalue weighted by Gasteiger charge is -1.97. The number of fused-ring (bicyclic) bond motifs is 30. The van der Waals surface area contributed by atoms with Gasteiger partial charge in [0, 0.05) is 0 Å². The summed E-state index contributed by atoms with van der Waals surface area (Å²) in [5.74, 6) is 0. The Hall–Kier alpha value is -3.29. The number of rotatable bonds is 0. The molecule has 0 nitrogen and oxygen atoms in total. The van der Waals surface area contributed by atoms with Gasteiger partial charge in [-0.15, -0.1) is 0 Å². The standard InChI is InChI=1S/C27Si/c1-2-4-5-3(1)10-12-9(5)13-11(4)17-15-7(2)8-6(1)14-16(10)23-21(12)27-22(13)24(17)26-20(15)18(8)19(14)25(23)28(26)27. The third kappa shape index (κ3) is 0.394. The normalized spacial score (nSPS) is 18.0. The molecular formula is C27Si. The van der Waals surface area contributed by atoms with Gasteiger partial charge in [0.25, 0.3) is 0 Å². The maximum Gasteiger partial charge on any atom is 0.0924 e. The van der Waals surface area contributed by atoms with Crippen molar-refractivity contribution in [2.75, 3.05) is 0 Å². The summed E-state index contributed by atoms with van der Waals surface area (Å²) in [5, 5.41) is 41.1. The van der Waals surface area contributed by atoms with E-state index in [0.29, 0.717) is 0 Å². The first-order chi connectivity index (χ1) is 14.0. The molecule has 0 bridgehead atoms. The van der Waals surface area contributed by atoms with Crippen LogP contribution in [0.4, 0.5) is 0 Å². The van der Waals surface area contributed by atoms with Gasteiger partial charge in [-0.25, -0.2) is 0 Å². The molecule has 0 saturated heterocycles. The van der Waals surface area contributed by atoms with E-state index in [-0.39, 0.29) is 0 Å². The molecule has 0 atom stereocenters. The minimum absolute atomic E-state index is 0.728. The Kier molecular flexibility index (Phi) is 0.621. The van der Waals surface area contributed by atoms with E-state index in [9.17, 15) is 0 Å². The number of benzene rings is 3. The predicted octanol–water partition coefficient (Wildman–Crippen LogP) is 7.60. The van der Waals surface area contributed by atoms with E-state index >= 15 is 0 Å². The van der Waals surface area contributed by atoms with Crippen LogP contribution in [0.2, 0.25) is 0 Å². The van der Waals surface area contributed by atoms with Crippen LogP contribution in [-0.2, 0) is 0 Å². The van der Waals surface area contributed by atoms with Crippen molar-refractivity contribution >= 4 is 152 Å². The van der Waals surface area contributed by atoms with Crippen LogP contribution in [0.5, 0.6) is 0 Å². The van der Waals surface area contributed by atoms with Crippen LogP contribution in [0.15, 0.2) is 0 Å². The average Bonchev–Trinajstić information content (AvgIpc) is 3.51. The van der Waals surface area contributed by atoms with Gasteiger partial charge in [-0.3, -0.25) is 0 Å². The fourth-order valence-corrected chi connectivity index (χ4v) is 14.2. The number of hydrogen-bond acceptors (Lipinski definition) is 0. The molecule has 0 radical (unpaired) electrons. The predicted molar refractivity (Wildman–Crippen MR) is 123 cm³/mol. The van der Waals surface area contributed by atoms with Crippen LogP contribution in [0.3, 0.4) is 0 Å². The second-order valence-corrected chi connectivity index (χ2v) is 12.8. The first kappa shape index (κ1) is 9.27. The van der Waals surface area contributed by atoms with Gasteiger partial charge in [0.2, 0.25) is 0 Å². The van der Waals surface area contributed by atoms with E-state index in [0.717, 1.165) is 0 Å². The van der Waals surface area contributed by atoms with Crippen LogP contribution >= 0.6 is 0 Å². The van der Waals surface area contributed by atoms with E-state index in [1.54, 1.807) is 129 Å². The highest BCUT2D eigenvalue weighted by Gasteiger charge is 2.47. The van der Waals surface area contributed by atoms with Gasteiger partial charge < -0.3 is 0 Å². The van der Waals surface area contributed by atoms with Gasteiger partial charge in [0.15, 0.2) is 0 Å². The molecule has 0 spiro atoms. The summed E-state index contributed by atoms with van der Waals surface area (Å²) in [6.07, 6.45) is 0. The van der Waals surface area contributed by atoms with E-state index in [4.69, 9.17) is 0 Å². The lowest BCUT2D eigenvalue weighted by Crippen LogP contribution is -1.84. The molecule has 2 heterocycles. The highest BCUT2D eigenvalue weighted by atomic mass is 28.2. The quantitative estimate of drug-likeness (QED) is 0.247. The maximum absolute atomic E-state index is 1.85. The van der Waals surface area contributed by atoms with E-state index in [2.05, 4.69) is 0 Å². The van der Waals surface area contributed by atoms with Crippen LogP contribution in [0.25, 0.3) is 144 Å². The highest BCUT2D eigenvalue weighted by Crippen LogP contribution is 2.75. The van der Waals surface area contributed by atoms with Crippen molar-refractivity contribution in [2.45, 2.75) is 0 Å². The minimum atomic E-state index is -0.728. The first-order valence-corrected chi connectivity index (χ1v) is 12.0. The van der Waals surface area contributed by atoms with Gasteiger partial charge in [-0.05, 0) is 144 Å². The Labute approximate surface area is 152 Å². The van der Waals surface area contributed by atoms with Gasteiger partial charge in [0.1, 0.15) is 0 Å². The average molecular weight is 352 g/mol. The Balaban J connectivity index is 1.94. The molecule has 0 aliphatic carbocycles. The van der Waals surface area contributed by atoms with Gasteiger partial charge >= 0.3 is 0 Å². The van der Waals surface area contributed by atoms with E-state index < -0.39 is 8.20 Å². The molecule has 2 aromatic heterocycles. The summed E-state index contributed by atoms with van der Waals surface area (Å²) in [6, 6.07) is 0. The minimum Gasteiger partial charge on any atom is -0.0197 e. The fraction of sp³-hybridized carbons (Fsp3) is 0. The summed E-state index contributed by atoms with van der Waals surface area (Å²) in [4.78, 5) is 5.56. The third-order valence-electron chi connectivity index (χ3n) is 10.5. The van der Waals surface area contributed by atoms with Crippen molar-refractivity contribution in [3.05, 3.63) is 0 Å². The Morgan fingerprint density at radius 1 is 0.179 bits per heavy atom. The molecule has 0 saturated carbocycles. The van der Waals surface area contributed by atoms with Crippen LogP contribution in [0, 0.1) is 0 Å². The molecule has 10 aromatic carbocycles. The zero-order valence-electron chi connectivity index (χ0n) is 14.0. The largest absolute Gasteiger partial charge is 0.0924 e. The Bertz CT molecular complexity index is 2100. The van der Waals surface area contributed by atoms with Crippen LogP contribution in [-0.4, -0.2) is 8.20 Å². The Morgan fingerprint density at radius 3 is 0.571 bits per heavy atom. The summed E-state index contributed by atoms with van der Waals surface area (Å²) in [5.41, 5.74) is 0. The molecule has 0 N–H and O–H groups in total. The molecule has 0 aliphatic rings. The molecule has 12 aromatic rings. The summed E-state index contributed by atoms with van der Waals surface area (Å²) in [6.45, 7) is 0. The van der Waals surface area contributed by atoms with Gasteiger partial charge in [-0.1, -0.05) is 0 Å². The van der Waals surface area contributed by atoms with E-state index in [1.165, 1.54) is 0 Å². The zero-order valence-corrected chi connectivity index (χ0v) is 15.0. The third-order valence-corrected chi connectivity index (χ3v) is 13.5. The summed E-state index contributed by atoms with van der Waals surface area (Å²) >= 11 is 0. The molecule has 12 rings (SSSR count). The summed E-state index contributed by atoms with van der Waals surface area (Å²) < 4.78 is 0. The molecule has 112 valence electrons. The SMILES string of the molecule is c12c3c4c5c1c1c6c7c2c2c3c3c8c4c4c5c1c1c6c5c7c2c3c2c8c4c1[si]52. The molecule has 0 unspecified atom stereocenters. The van der Waals surface area contributed by atoms with Crippen molar-refractivity contribution < 1.29 is 0 Å². The van der Waals surface area contributed by atoms with Gasteiger partial charge in [-0.2, -0.15) is 0 Å². The monoisotopic (exact) mass is 352 g/mol. The molecule has 1 heteroatoms. The lowest BCUT2D eigenvalue weighted by molar-refractivity contribution is 2.38. The second kappa shape index (κ2) is 1.88. The topological polar surface area (TPSA) is 0 Å². The fourth-order valence-electron chi connectivity index (χ4n) is 10.5. The molecule has 28 heavy (non-hydrogen) atoms. The van der Waals surface area contributed by atoms with E-state index in [1.807, 2.05) is 15.0 Å². The lowest BCUT2D eigenvalue weighted by atomic mass is 10.0. The number of hydrogen-bond donors (Lipinski definition) is 0. The van der Waals surface area contributed by atoms with Crippen molar-refractivity contribution in [2.24, 2.45) is 0 Å². The molecule has 0 amide bonds. The van der Waals surface area contributed by atoms with Crippen LogP contribution < -0.4 is 0 Å². The second-order valence-electron chi connectivity index (χ2n) is 10.5. The summed E-state index contributed by atoms with van der Waals surface area (Å²) in [7, 11) is -0.728. The smallest absolute Gasteiger partial charge is 0.0197 e. The molecular weight excluding hydrogens is 352 g/mol. The van der Waals surface area contributed by atoms with Crippen molar-refractivity contribution in [3.63, 3.8) is 0 Å².